The van der Waals surface area contributed by atoms with Gasteiger partial charge in [0.1, 0.15) is 0 Å². The van der Waals surface area contributed by atoms with Crippen molar-refractivity contribution in [2.24, 2.45) is 5.73 Å². The summed E-state index contributed by atoms with van der Waals surface area (Å²) in [5.41, 5.74) is 5.62. The van der Waals surface area contributed by atoms with Crippen LogP contribution in [0.25, 0.3) is 0 Å². The molecule has 0 spiro atoms. The third-order valence-electron chi connectivity index (χ3n) is 1.69. The zero-order chi connectivity index (χ0) is 7.56. The van der Waals surface area contributed by atoms with Gasteiger partial charge in [-0.1, -0.05) is 0 Å². The molecule has 0 bridgehead atoms. The minimum absolute atomic E-state index is 0.0639. The van der Waals surface area contributed by atoms with Gasteiger partial charge in [0.2, 0.25) is 5.91 Å². The van der Waals surface area contributed by atoms with Crippen LogP contribution in [0.2, 0.25) is 0 Å². The second kappa shape index (κ2) is 2.98. The number of carbonyl (C=O) groups is 1. The molecule has 0 aliphatic carbocycles. The smallest absolute Gasteiger partial charge is 0.220 e. The molecule has 1 aliphatic rings. The van der Waals surface area contributed by atoms with Crippen LogP contribution in [0.15, 0.2) is 0 Å². The van der Waals surface area contributed by atoms with Gasteiger partial charge in [-0.3, -0.25) is 4.79 Å². The number of piperazine rings is 1. The number of amides is 1. The third kappa shape index (κ3) is 1.46. The van der Waals surface area contributed by atoms with Crippen LogP contribution in [-0.2, 0) is 4.79 Å². The highest BCUT2D eigenvalue weighted by Gasteiger charge is 2.19. The number of hydrogen-bond donors (Lipinski definition) is 2. The van der Waals surface area contributed by atoms with Crippen LogP contribution in [0.5, 0.6) is 0 Å². The fourth-order valence-electron chi connectivity index (χ4n) is 1.12. The lowest BCUT2D eigenvalue weighted by molar-refractivity contribution is -0.131. The van der Waals surface area contributed by atoms with Crippen molar-refractivity contribution >= 4 is 5.91 Å². The van der Waals surface area contributed by atoms with E-state index in [0.29, 0.717) is 6.54 Å². The first kappa shape index (κ1) is 7.50. The summed E-state index contributed by atoms with van der Waals surface area (Å²) in [6.07, 6.45) is -0.133. The van der Waals surface area contributed by atoms with Crippen LogP contribution in [-0.4, -0.2) is 36.6 Å². The minimum atomic E-state index is -0.133. The summed E-state index contributed by atoms with van der Waals surface area (Å²) >= 11 is 0. The maximum atomic E-state index is 10.8. The number of hydrogen-bond acceptors (Lipinski definition) is 3. The Kier molecular flexibility index (Phi) is 2.24. The van der Waals surface area contributed by atoms with Crippen molar-refractivity contribution < 1.29 is 4.79 Å². The summed E-state index contributed by atoms with van der Waals surface area (Å²) in [5.74, 6) is 0.0639. The molecule has 0 saturated carbocycles. The molecule has 3 N–H and O–H groups in total. The van der Waals surface area contributed by atoms with Crippen LogP contribution in [0.4, 0.5) is 0 Å². The highest BCUT2D eigenvalue weighted by molar-refractivity contribution is 5.73. The fraction of sp³-hybridized carbons (Fsp3) is 0.833. The zero-order valence-corrected chi connectivity index (χ0v) is 6.13. The van der Waals surface area contributed by atoms with Gasteiger partial charge in [-0.25, -0.2) is 0 Å². The van der Waals surface area contributed by atoms with E-state index in [0.717, 1.165) is 13.1 Å². The van der Waals surface area contributed by atoms with Gasteiger partial charge < -0.3 is 16.0 Å². The van der Waals surface area contributed by atoms with Gasteiger partial charge in [-0.05, 0) is 0 Å². The molecule has 0 aromatic carbocycles. The second-order valence-electron chi connectivity index (χ2n) is 2.48. The Morgan fingerprint density at radius 2 is 2.50 bits per heavy atom. The lowest BCUT2D eigenvalue weighted by Gasteiger charge is -2.32. The van der Waals surface area contributed by atoms with Crippen molar-refractivity contribution in [3.8, 4) is 0 Å². The molecule has 0 radical (unpaired) electrons. The van der Waals surface area contributed by atoms with Crippen LogP contribution in [0, 0.1) is 0 Å². The topological polar surface area (TPSA) is 58.4 Å². The lowest BCUT2D eigenvalue weighted by atomic mass is 10.3. The SMILES string of the molecule is CC(=O)N1CCNCC1N. The number of nitrogens with zero attached hydrogens (tertiary/aromatic N) is 1. The van der Waals surface area contributed by atoms with Gasteiger partial charge in [-0.2, -0.15) is 0 Å². The molecule has 0 aromatic rings. The van der Waals surface area contributed by atoms with Gasteiger partial charge >= 0.3 is 0 Å². The Morgan fingerprint density at radius 3 is 2.90 bits per heavy atom. The van der Waals surface area contributed by atoms with Gasteiger partial charge in [0, 0.05) is 26.6 Å². The molecule has 1 heterocycles. The molecule has 10 heavy (non-hydrogen) atoms. The van der Waals surface area contributed by atoms with Crippen molar-refractivity contribution in [2.75, 3.05) is 19.6 Å². The zero-order valence-electron chi connectivity index (χ0n) is 6.13. The van der Waals surface area contributed by atoms with Crippen LogP contribution < -0.4 is 11.1 Å². The van der Waals surface area contributed by atoms with E-state index in [2.05, 4.69) is 5.32 Å². The Hall–Kier alpha value is -0.610. The molecular weight excluding hydrogens is 130 g/mol. The quantitative estimate of drug-likeness (QED) is 0.444. The normalized spacial score (nSPS) is 26.6. The number of nitrogens with two attached hydrogens (primary N) is 1. The van der Waals surface area contributed by atoms with Crippen molar-refractivity contribution in [2.45, 2.75) is 13.1 Å². The molecule has 1 rings (SSSR count). The Labute approximate surface area is 60.4 Å². The van der Waals surface area contributed by atoms with E-state index >= 15 is 0 Å². The van der Waals surface area contributed by atoms with E-state index in [4.69, 9.17) is 5.73 Å². The monoisotopic (exact) mass is 143 g/mol. The average Bonchev–Trinajstić information content (AvgIpc) is 1.88. The Morgan fingerprint density at radius 1 is 1.80 bits per heavy atom. The van der Waals surface area contributed by atoms with E-state index in [1.165, 1.54) is 0 Å². The summed E-state index contributed by atoms with van der Waals surface area (Å²) in [6.45, 7) is 3.84. The van der Waals surface area contributed by atoms with E-state index < -0.39 is 0 Å². The Bertz CT molecular complexity index is 137. The highest BCUT2D eigenvalue weighted by atomic mass is 16.2. The predicted molar refractivity (Wildman–Crippen MR) is 38.2 cm³/mol. The number of rotatable bonds is 0. The molecule has 4 nitrogen and oxygen atoms in total. The van der Waals surface area contributed by atoms with Crippen LogP contribution in [0.1, 0.15) is 6.92 Å². The molecular formula is C6H13N3O. The van der Waals surface area contributed by atoms with Gasteiger partial charge in [-0.15, -0.1) is 0 Å². The maximum absolute atomic E-state index is 10.8. The second-order valence-corrected chi connectivity index (χ2v) is 2.48. The van der Waals surface area contributed by atoms with E-state index in [-0.39, 0.29) is 12.1 Å². The molecule has 1 aliphatic heterocycles. The molecule has 1 fully saturated rings. The third-order valence-corrected chi connectivity index (χ3v) is 1.69. The first-order chi connectivity index (χ1) is 4.72. The maximum Gasteiger partial charge on any atom is 0.220 e. The summed E-state index contributed by atoms with van der Waals surface area (Å²) < 4.78 is 0. The number of carbonyl (C=O) groups excluding carboxylic acids is 1. The molecule has 1 amide bonds. The van der Waals surface area contributed by atoms with E-state index in [1.54, 1.807) is 11.8 Å². The predicted octanol–water partition coefficient (Wildman–Crippen LogP) is -1.28. The molecule has 0 aromatic heterocycles. The first-order valence-electron chi connectivity index (χ1n) is 3.45. The van der Waals surface area contributed by atoms with Gasteiger partial charge in [0.15, 0.2) is 0 Å². The van der Waals surface area contributed by atoms with Crippen LogP contribution in [0.3, 0.4) is 0 Å². The van der Waals surface area contributed by atoms with Crippen molar-refractivity contribution in [1.82, 2.24) is 10.2 Å². The lowest BCUT2D eigenvalue weighted by Crippen LogP contribution is -2.57. The largest absolute Gasteiger partial charge is 0.325 e. The summed E-state index contributed by atoms with van der Waals surface area (Å²) in [7, 11) is 0. The molecule has 1 saturated heterocycles. The fourth-order valence-corrected chi connectivity index (χ4v) is 1.12. The van der Waals surface area contributed by atoms with Crippen molar-refractivity contribution in [3.63, 3.8) is 0 Å². The summed E-state index contributed by atoms with van der Waals surface area (Å²) in [4.78, 5) is 12.5. The standard InChI is InChI=1S/C6H13N3O/c1-5(10)9-3-2-8-4-6(9)7/h6,8H,2-4,7H2,1H3. The molecule has 1 unspecified atom stereocenters. The summed E-state index contributed by atoms with van der Waals surface area (Å²) in [6, 6.07) is 0. The van der Waals surface area contributed by atoms with E-state index in [1.807, 2.05) is 0 Å². The van der Waals surface area contributed by atoms with Crippen LogP contribution >= 0.6 is 0 Å². The molecule has 58 valence electrons. The summed E-state index contributed by atoms with van der Waals surface area (Å²) in [5, 5.41) is 3.10. The van der Waals surface area contributed by atoms with Crippen molar-refractivity contribution in [1.29, 1.82) is 0 Å². The van der Waals surface area contributed by atoms with E-state index in [9.17, 15) is 4.79 Å². The van der Waals surface area contributed by atoms with Gasteiger partial charge in [0.05, 0.1) is 6.17 Å². The van der Waals surface area contributed by atoms with Gasteiger partial charge in [0.25, 0.3) is 0 Å². The number of nitrogens with one attached hydrogen (secondary N) is 1. The first-order valence-corrected chi connectivity index (χ1v) is 3.45. The highest BCUT2D eigenvalue weighted by Crippen LogP contribution is 1.96. The molecule has 1 atom stereocenters. The van der Waals surface area contributed by atoms with Crippen molar-refractivity contribution in [3.05, 3.63) is 0 Å². The Balaban J connectivity index is 2.47. The average molecular weight is 143 g/mol. The minimum Gasteiger partial charge on any atom is -0.325 e. The molecule has 4 heteroatoms.